The summed E-state index contributed by atoms with van der Waals surface area (Å²) in [5.74, 6) is 0. The van der Waals surface area contributed by atoms with Gasteiger partial charge < -0.3 is 0 Å². The van der Waals surface area contributed by atoms with Gasteiger partial charge in [-0.15, -0.1) is 6.58 Å². The van der Waals surface area contributed by atoms with Gasteiger partial charge in [-0.05, 0) is 12.8 Å². The average Bonchev–Trinajstić information content (AvgIpc) is 1.83. The van der Waals surface area contributed by atoms with E-state index >= 15 is 0 Å². The lowest BCUT2D eigenvalue weighted by Gasteiger charge is -1.91. The second kappa shape index (κ2) is 4.38. The molecule has 0 spiro atoms. The van der Waals surface area contributed by atoms with Crippen molar-refractivity contribution in [3.05, 3.63) is 37.5 Å². The second-order valence-electron chi connectivity index (χ2n) is 1.69. The highest BCUT2D eigenvalue weighted by Gasteiger charge is 1.81. The van der Waals surface area contributed by atoms with E-state index in [4.69, 9.17) is 0 Å². The third-order valence-corrected chi connectivity index (χ3v) is 0.958. The summed E-state index contributed by atoms with van der Waals surface area (Å²) in [6, 6.07) is 0. The van der Waals surface area contributed by atoms with Crippen LogP contribution in [0.4, 0.5) is 0 Å². The van der Waals surface area contributed by atoms with Crippen molar-refractivity contribution >= 4 is 0 Å². The zero-order valence-corrected chi connectivity index (χ0v) is 5.19. The fraction of sp³-hybridized carbons (Fsp3) is 0.250. The lowest BCUT2D eigenvalue weighted by Crippen LogP contribution is -1.71. The standard InChI is InChI=1S/C8H12/c1-4-6-7-8(3)5-2/h4-5H,1-3,6-7H2. The summed E-state index contributed by atoms with van der Waals surface area (Å²) in [7, 11) is 0. The minimum absolute atomic E-state index is 0.993. The van der Waals surface area contributed by atoms with Gasteiger partial charge in [-0.2, -0.15) is 0 Å². The molecule has 0 aromatic rings. The van der Waals surface area contributed by atoms with Gasteiger partial charge in [0.1, 0.15) is 0 Å². The largest absolute Gasteiger partial charge is 0.103 e. The molecular weight excluding hydrogens is 96.1 g/mol. The van der Waals surface area contributed by atoms with Crippen molar-refractivity contribution < 1.29 is 0 Å². The topological polar surface area (TPSA) is 0 Å². The number of rotatable bonds is 4. The highest BCUT2D eigenvalue weighted by Crippen LogP contribution is 2.01. The Hall–Kier alpha value is -0.780. The van der Waals surface area contributed by atoms with Crippen molar-refractivity contribution in [1.82, 2.24) is 0 Å². The van der Waals surface area contributed by atoms with Gasteiger partial charge in [-0.1, -0.05) is 30.9 Å². The monoisotopic (exact) mass is 108 g/mol. The van der Waals surface area contributed by atoms with Crippen LogP contribution in [0, 0.1) is 0 Å². The molecule has 0 aliphatic carbocycles. The van der Waals surface area contributed by atoms with Gasteiger partial charge >= 0.3 is 0 Å². The highest BCUT2D eigenvalue weighted by atomic mass is 13.9. The Kier molecular flexibility index (Phi) is 3.95. The van der Waals surface area contributed by atoms with E-state index in [0.717, 1.165) is 18.4 Å². The first-order chi connectivity index (χ1) is 3.81. The molecule has 0 unspecified atom stereocenters. The van der Waals surface area contributed by atoms with E-state index in [1.165, 1.54) is 0 Å². The van der Waals surface area contributed by atoms with Crippen LogP contribution in [0.15, 0.2) is 37.5 Å². The molecule has 0 aromatic heterocycles. The Labute approximate surface area is 51.2 Å². The lowest BCUT2D eigenvalue weighted by molar-refractivity contribution is 1.02. The molecule has 0 aliphatic rings. The molecule has 0 amide bonds. The van der Waals surface area contributed by atoms with E-state index in [2.05, 4.69) is 19.7 Å². The van der Waals surface area contributed by atoms with E-state index in [1.807, 2.05) is 6.08 Å². The van der Waals surface area contributed by atoms with Crippen LogP contribution in [0.5, 0.6) is 0 Å². The van der Waals surface area contributed by atoms with Crippen molar-refractivity contribution in [2.75, 3.05) is 0 Å². The Bertz CT molecular complexity index is 98.6. The van der Waals surface area contributed by atoms with Gasteiger partial charge in [0.2, 0.25) is 0 Å². The molecule has 0 aromatic carbocycles. The summed E-state index contributed by atoms with van der Waals surface area (Å²) < 4.78 is 0. The maximum Gasteiger partial charge on any atom is -0.0250 e. The minimum Gasteiger partial charge on any atom is -0.103 e. The van der Waals surface area contributed by atoms with E-state index in [9.17, 15) is 0 Å². The normalized spacial score (nSPS) is 8.00. The molecule has 0 rings (SSSR count). The van der Waals surface area contributed by atoms with Crippen molar-refractivity contribution in [3.8, 4) is 0 Å². The summed E-state index contributed by atoms with van der Waals surface area (Å²) in [4.78, 5) is 0. The number of allylic oxidation sites excluding steroid dienone is 3. The van der Waals surface area contributed by atoms with Crippen LogP contribution in [0.2, 0.25) is 0 Å². The van der Waals surface area contributed by atoms with E-state index < -0.39 is 0 Å². The Balaban J connectivity index is 3.24. The molecule has 0 bridgehead atoms. The molecule has 0 atom stereocenters. The van der Waals surface area contributed by atoms with Crippen LogP contribution >= 0.6 is 0 Å². The van der Waals surface area contributed by atoms with Crippen molar-refractivity contribution in [2.24, 2.45) is 0 Å². The maximum atomic E-state index is 3.74. The van der Waals surface area contributed by atoms with Crippen LogP contribution in [-0.4, -0.2) is 0 Å². The van der Waals surface area contributed by atoms with Gasteiger partial charge in [0.05, 0.1) is 0 Å². The molecule has 44 valence electrons. The third kappa shape index (κ3) is 3.41. The molecule has 0 saturated carbocycles. The SMILES string of the molecule is C=CCCC(=C)C=C. The Morgan fingerprint density at radius 3 is 2.38 bits per heavy atom. The van der Waals surface area contributed by atoms with Gasteiger partial charge in [-0.25, -0.2) is 0 Å². The van der Waals surface area contributed by atoms with Gasteiger partial charge in [-0.3, -0.25) is 0 Å². The first kappa shape index (κ1) is 7.22. The molecule has 0 N–H and O–H groups in total. The molecule has 0 aliphatic heterocycles. The molecule has 0 heteroatoms. The molecule has 0 heterocycles. The maximum absolute atomic E-state index is 3.74. The molecule has 8 heavy (non-hydrogen) atoms. The fourth-order valence-electron chi connectivity index (χ4n) is 0.390. The zero-order chi connectivity index (χ0) is 6.41. The van der Waals surface area contributed by atoms with E-state index in [1.54, 1.807) is 6.08 Å². The highest BCUT2D eigenvalue weighted by molar-refractivity contribution is 5.10. The Morgan fingerprint density at radius 2 is 2.00 bits per heavy atom. The molecule has 0 fully saturated rings. The second-order valence-corrected chi connectivity index (χ2v) is 1.69. The van der Waals surface area contributed by atoms with Crippen LogP contribution in [0.25, 0.3) is 0 Å². The summed E-state index contributed by atoms with van der Waals surface area (Å²) >= 11 is 0. The first-order valence-corrected chi connectivity index (χ1v) is 2.72. The van der Waals surface area contributed by atoms with Crippen molar-refractivity contribution in [1.29, 1.82) is 0 Å². The number of hydrogen-bond acceptors (Lipinski definition) is 0. The molecule has 0 saturated heterocycles. The van der Waals surface area contributed by atoms with Crippen LogP contribution in [0.1, 0.15) is 12.8 Å². The van der Waals surface area contributed by atoms with E-state index in [0.29, 0.717) is 0 Å². The van der Waals surface area contributed by atoms with Crippen molar-refractivity contribution in [2.45, 2.75) is 12.8 Å². The molecule has 0 nitrogen and oxygen atoms in total. The van der Waals surface area contributed by atoms with Crippen LogP contribution in [0.3, 0.4) is 0 Å². The molecule has 0 radical (unpaired) electrons. The quantitative estimate of drug-likeness (QED) is 0.383. The van der Waals surface area contributed by atoms with Gasteiger partial charge in [0.25, 0.3) is 0 Å². The van der Waals surface area contributed by atoms with Crippen molar-refractivity contribution in [3.63, 3.8) is 0 Å². The number of hydrogen-bond donors (Lipinski definition) is 0. The summed E-state index contributed by atoms with van der Waals surface area (Å²) in [5, 5.41) is 0. The molecular formula is C8H12. The summed E-state index contributed by atoms with van der Waals surface area (Å²) in [6.07, 6.45) is 5.66. The predicted molar refractivity (Wildman–Crippen MR) is 38.8 cm³/mol. The van der Waals surface area contributed by atoms with Gasteiger partial charge in [0.15, 0.2) is 0 Å². The minimum atomic E-state index is 0.993. The van der Waals surface area contributed by atoms with Gasteiger partial charge in [0, 0.05) is 0 Å². The smallest absolute Gasteiger partial charge is 0.0250 e. The predicted octanol–water partition coefficient (Wildman–Crippen LogP) is 2.69. The zero-order valence-electron chi connectivity index (χ0n) is 5.19. The fourth-order valence-corrected chi connectivity index (χ4v) is 0.390. The van der Waals surface area contributed by atoms with E-state index in [-0.39, 0.29) is 0 Å². The summed E-state index contributed by atoms with van der Waals surface area (Å²) in [5.41, 5.74) is 1.09. The third-order valence-electron chi connectivity index (χ3n) is 0.958. The summed E-state index contributed by atoms with van der Waals surface area (Å²) in [6.45, 7) is 10.9. The Morgan fingerprint density at radius 1 is 1.38 bits per heavy atom. The van der Waals surface area contributed by atoms with Crippen LogP contribution < -0.4 is 0 Å². The van der Waals surface area contributed by atoms with Crippen LogP contribution in [-0.2, 0) is 0 Å². The average molecular weight is 108 g/mol. The first-order valence-electron chi connectivity index (χ1n) is 2.72. The lowest BCUT2D eigenvalue weighted by atomic mass is 10.2.